The molecule has 120 valence electrons. The average Bonchev–Trinajstić information content (AvgIpc) is 2.35. The molecule has 1 unspecified atom stereocenters. The molecule has 1 aliphatic rings. The summed E-state index contributed by atoms with van der Waals surface area (Å²) in [5.74, 6) is 6.34. The monoisotopic (exact) mass is 295 g/mol. The smallest absolute Gasteiger partial charge is 0.302 e. The molecule has 1 atom stereocenters. The largest absolute Gasteiger partial charge is 0.389 e. The van der Waals surface area contributed by atoms with Crippen LogP contribution in [0.25, 0.3) is 0 Å². The van der Waals surface area contributed by atoms with Crippen LogP contribution in [0.15, 0.2) is 0 Å². The van der Waals surface area contributed by atoms with Gasteiger partial charge in [-0.3, -0.25) is 11.3 Å². The van der Waals surface area contributed by atoms with Crippen molar-refractivity contribution in [3.05, 3.63) is 0 Å². The van der Waals surface area contributed by atoms with E-state index >= 15 is 0 Å². The summed E-state index contributed by atoms with van der Waals surface area (Å²) in [4.78, 5) is 2.15. The van der Waals surface area contributed by atoms with Crippen LogP contribution in [-0.4, -0.2) is 36.8 Å². The van der Waals surface area contributed by atoms with Gasteiger partial charge in [-0.15, -0.1) is 0 Å². The van der Waals surface area contributed by atoms with Crippen LogP contribution < -0.4 is 11.3 Å². The molecule has 0 radical (unpaired) electrons. The Kier molecular flexibility index (Phi) is 6.28. The van der Waals surface area contributed by atoms with Crippen molar-refractivity contribution >= 4 is 0 Å². The van der Waals surface area contributed by atoms with Gasteiger partial charge in [0.05, 0.1) is 0 Å². The van der Waals surface area contributed by atoms with Gasteiger partial charge in [-0.1, -0.05) is 6.92 Å². The summed E-state index contributed by atoms with van der Waals surface area (Å²) in [5, 5.41) is 0. The van der Waals surface area contributed by atoms with E-state index in [1.807, 2.05) is 14.1 Å². The fourth-order valence-corrected chi connectivity index (χ4v) is 3.38. The highest BCUT2D eigenvalue weighted by atomic mass is 19.4. The molecule has 0 aliphatic heterocycles. The second-order valence-corrected chi connectivity index (χ2v) is 6.41. The first kappa shape index (κ1) is 17.7. The summed E-state index contributed by atoms with van der Waals surface area (Å²) < 4.78 is 36.9. The summed E-state index contributed by atoms with van der Waals surface area (Å²) in [7, 11) is 4.01. The summed E-state index contributed by atoms with van der Waals surface area (Å²) in [5.41, 5.74) is 2.67. The maximum Gasteiger partial charge on any atom is 0.389 e. The lowest BCUT2D eigenvalue weighted by molar-refractivity contribution is -0.136. The summed E-state index contributed by atoms with van der Waals surface area (Å²) in [6.07, 6.45) is -0.0297. The molecule has 0 saturated heterocycles. The number of hydrogen-bond donors (Lipinski definition) is 2. The molecule has 0 aromatic heterocycles. The molecule has 1 aliphatic carbocycles. The number of likely N-dealkylation sites (N-methyl/N-ethyl adjacent to an activating group) is 1. The minimum absolute atomic E-state index is 0.0904. The SMILES string of the molecule is CC1CCC(C(CCCC(F)(F)F)NN)(N(C)C)CC1. The Morgan fingerprint density at radius 1 is 1.30 bits per heavy atom. The van der Waals surface area contributed by atoms with Gasteiger partial charge in [0.25, 0.3) is 0 Å². The van der Waals surface area contributed by atoms with Crippen molar-refractivity contribution < 1.29 is 13.2 Å². The molecule has 3 nitrogen and oxygen atoms in total. The lowest BCUT2D eigenvalue weighted by Gasteiger charge is -2.49. The highest BCUT2D eigenvalue weighted by Gasteiger charge is 2.42. The predicted octanol–water partition coefficient (Wildman–Crippen LogP) is 3.06. The predicted molar refractivity (Wildman–Crippen MR) is 75.1 cm³/mol. The highest BCUT2D eigenvalue weighted by molar-refractivity contribution is 5.00. The van der Waals surface area contributed by atoms with Gasteiger partial charge >= 0.3 is 6.18 Å². The van der Waals surface area contributed by atoms with Gasteiger partial charge in [0, 0.05) is 18.0 Å². The van der Waals surface area contributed by atoms with Crippen LogP contribution in [0, 0.1) is 5.92 Å². The maximum atomic E-state index is 12.3. The molecular weight excluding hydrogens is 267 g/mol. The molecule has 1 saturated carbocycles. The van der Waals surface area contributed by atoms with Crippen LogP contribution in [0.5, 0.6) is 0 Å². The van der Waals surface area contributed by atoms with Crippen molar-refractivity contribution in [2.45, 2.75) is 69.6 Å². The first-order valence-electron chi connectivity index (χ1n) is 7.41. The minimum Gasteiger partial charge on any atom is -0.302 e. The van der Waals surface area contributed by atoms with E-state index in [-0.39, 0.29) is 18.0 Å². The minimum atomic E-state index is -4.08. The first-order valence-corrected chi connectivity index (χ1v) is 7.41. The van der Waals surface area contributed by atoms with E-state index < -0.39 is 12.6 Å². The van der Waals surface area contributed by atoms with Gasteiger partial charge < -0.3 is 4.90 Å². The van der Waals surface area contributed by atoms with Crippen LogP contribution in [0.1, 0.15) is 51.9 Å². The number of nitrogens with one attached hydrogen (secondary N) is 1. The van der Waals surface area contributed by atoms with Crippen molar-refractivity contribution in [1.29, 1.82) is 0 Å². The molecule has 0 spiro atoms. The van der Waals surface area contributed by atoms with Crippen LogP contribution >= 0.6 is 0 Å². The fourth-order valence-electron chi connectivity index (χ4n) is 3.38. The molecule has 0 heterocycles. The van der Waals surface area contributed by atoms with Crippen LogP contribution in [0.4, 0.5) is 13.2 Å². The Morgan fingerprint density at radius 2 is 1.85 bits per heavy atom. The number of alkyl halides is 3. The Labute approximate surface area is 120 Å². The molecular formula is C14H28F3N3. The third-order valence-corrected chi connectivity index (χ3v) is 4.83. The van der Waals surface area contributed by atoms with Crippen molar-refractivity contribution in [3.63, 3.8) is 0 Å². The summed E-state index contributed by atoms with van der Waals surface area (Å²) in [6, 6.07) is -0.0904. The number of nitrogens with zero attached hydrogens (tertiary/aromatic N) is 1. The van der Waals surface area contributed by atoms with Gasteiger partial charge in [0.1, 0.15) is 0 Å². The second-order valence-electron chi connectivity index (χ2n) is 6.41. The van der Waals surface area contributed by atoms with Gasteiger partial charge in [-0.05, 0) is 58.5 Å². The normalized spacial score (nSPS) is 29.7. The lowest BCUT2D eigenvalue weighted by Crippen LogP contribution is -2.62. The van der Waals surface area contributed by atoms with E-state index in [4.69, 9.17) is 5.84 Å². The quantitative estimate of drug-likeness (QED) is 0.584. The topological polar surface area (TPSA) is 41.3 Å². The number of hydrogen-bond acceptors (Lipinski definition) is 3. The van der Waals surface area contributed by atoms with Gasteiger partial charge in [-0.25, -0.2) is 0 Å². The van der Waals surface area contributed by atoms with E-state index in [9.17, 15) is 13.2 Å². The summed E-state index contributed by atoms with van der Waals surface area (Å²) in [6.45, 7) is 2.23. The zero-order valence-corrected chi connectivity index (χ0v) is 12.8. The Hall–Kier alpha value is -0.330. The van der Waals surface area contributed by atoms with Crippen LogP contribution in [0.3, 0.4) is 0 Å². The van der Waals surface area contributed by atoms with Crippen LogP contribution in [0.2, 0.25) is 0 Å². The second kappa shape index (κ2) is 7.09. The molecule has 3 N–H and O–H groups in total. The van der Waals surface area contributed by atoms with E-state index in [2.05, 4.69) is 17.2 Å². The molecule has 1 fully saturated rings. The Morgan fingerprint density at radius 3 is 2.25 bits per heavy atom. The highest BCUT2D eigenvalue weighted by Crippen LogP contribution is 2.39. The number of rotatable bonds is 6. The van der Waals surface area contributed by atoms with E-state index in [1.54, 1.807) is 0 Å². The van der Waals surface area contributed by atoms with Gasteiger partial charge in [0.15, 0.2) is 0 Å². The molecule has 0 aromatic rings. The molecule has 0 amide bonds. The van der Waals surface area contributed by atoms with Crippen molar-refractivity contribution in [2.75, 3.05) is 14.1 Å². The number of halogens is 3. The third-order valence-electron chi connectivity index (χ3n) is 4.83. The number of hydrazine groups is 1. The van der Waals surface area contributed by atoms with E-state index in [0.29, 0.717) is 12.3 Å². The molecule has 0 aromatic carbocycles. The summed E-state index contributed by atoms with van der Waals surface area (Å²) >= 11 is 0. The average molecular weight is 295 g/mol. The van der Waals surface area contributed by atoms with Gasteiger partial charge in [-0.2, -0.15) is 13.2 Å². The zero-order chi connectivity index (χ0) is 15.4. The van der Waals surface area contributed by atoms with Crippen LogP contribution in [-0.2, 0) is 0 Å². The third kappa shape index (κ3) is 4.60. The van der Waals surface area contributed by atoms with Crippen molar-refractivity contribution in [3.8, 4) is 0 Å². The van der Waals surface area contributed by atoms with Gasteiger partial charge in [0.2, 0.25) is 0 Å². The molecule has 6 heteroatoms. The van der Waals surface area contributed by atoms with E-state index in [1.165, 1.54) is 0 Å². The standard InChI is InChI=1S/C14H28F3N3/c1-11-6-9-13(10-7-11,20(2)3)12(19-18)5-4-8-14(15,16)17/h11-12,19H,4-10,18H2,1-3H3. The Bertz CT molecular complexity index is 284. The fraction of sp³-hybridized carbons (Fsp3) is 1.00. The maximum absolute atomic E-state index is 12.3. The van der Waals surface area contributed by atoms with Crippen molar-refractivity contribution in [1.82, 2.24) is 10.3 Å². The number of nitrogens with two attached hydrogens (primary N) is 1. The molecule has 20 heavy (non-hydrogen) atoms. The van der Waals surface area contributed by atoms with Crippen molar-refractivity contribution in [2.24, 2.45) is 11.8 Å². The lowest BCUT2D eigenvalue weighted by atomic mass is 9.71. The molecule has 1 rings (SSSR count). The zero-order valence-electron chi connectivity index (χ0n) is 12.8. The Balaban J connectivity index is 2.67. The van der Waals surface area contributed by atoms with E-state index in [0.717, 1.165) is 25.7 Å². The first-order chi connectivity index (χ1) is 9.21. The molecule has 0 bridgehead atoms.